The molecular weight excluding hydrogens is 328 g/mol. The summed E-state index contributed by atoms with van der Waals surface area (Å²) in [6.07, 6.45) is 8.44. The zero-order valence-electron chi connectivity index (χ0n) is 14.0. The van der Waals surface area contributed by atoms with Crippen LogP contribution in [0.4, 0.5) is 5.82 Å². The molecule has 0 radical (unpaired) electrons. The summed E-state index contributed by atoms with van der Waals surface area (Å²) >= 11 is 0. The van der Waals surface area contributed by atoms with Gasteiger partial charge in [0.15, 0.2) is 9.84 Å². The van der Waals surface area contributed by atoms with Crippen LogP contribution in [0.5, 0.6) is 0 Å². The number of amides is 1. The number of hydrogen-bond acceptors (Lipinski definition) is 6. The Morgan fingerprint density at radius 1 is 1.17 bits per heavy atom. The van der Waals surface area contributed by atoms with Crippen LogP contribution >= 0.6 is 0 Å². The van der Waals surface area contributed by atoms with Crippen molar-refractivity contribution in [1.29, 1.82) is 0 Å². The number of carbonyl (C=O) groups is 1. The van der Waals surface area contributed by atoms with E-state index >= 15 is 0 Å². The standard InChI is InChI=1S/C16H24N4O3S/c1-19(13-6-9-24(22,23)12-13)16(21)14-10-18-15(11-17-14)20-7-4-2-3-5-8-20/h10-11,13H,2-9,12H2,1H3. The fourth-order valence-corrected chi connectivity index (χ4v) is 5.10. The van der Waals surface area contributed by atoms with Crippen LogP contribution in [0.2, 0.25) is 0 Å². The number of rotatable bonds is 3. The van der Waals surface area contributed by atoms with Crippen molar-refractivity contribution in [2.24, 2.45) is 0 Å². The first-order valence-electron chi connectivity index (χ1n) is 8.51. The summed E-state index contributed by atoms with van der Waals surface area (Å²) in [5.74, 6) is 0.718. The number of aromatic nitrogens is 2. The number of nitrogens with zero attached hydrogens (tertiary/aromatic N) is 4. The van der Waals surface area contributed by atoms with E-state index in [9.17, 15) is 13.2 Å². The van der Waals surface area contributed by atoms with Gasteiger partial charge in [-0.2, -0.15) is 0 Å². The largest absolute Gasteiger partial charge is 0.355 e. The van der Waals surface area contributed by atoms with E-state index in [0.29, 0.717) is 6.42 Å². The van der Waals surface area contributed by atoms with Crippen LogP contribution in [0, 0.1) is 0 Å². The summed E-state index contributed by atoms with van der Waals surface area (Å²) in [5.41, 5.74) is 0.264. The molecule has 24 heavy (non-hydrogen) atoms. The van der Waals surface area contributed by atoms with Crippen LogP contribution in [0.3, 0.4) is 0 Å². The Kier molecular flexibility index (Phi) is 5.03. The van der Waals surface area contributed by atoms with Gasteiger partial charge in [-0.3, -0.25) is 4.79 Å². The quantitative estimate of drug-likeness (QED) is 0.810. The molecule has 1 atom stereocenters. The molecular formula is C16H24N4O3S. The number of anilines is 1. The van der Waals surface area contributed by atoms with Crippen LogP contribution in [0.15, 0.2) is 12.4 Å². The molecule has 1 unspecified atom stereocenters. The molecule has 1 amide bonds. The fourth-order valence-electron chi connectivity index (χ4n) is 3.32. The zero-order chi connectivity index (χ0) is 17.2. The van der Waals surface area contributed by atoms with Crippen molar-refractivity contribution in [3.63, 3.8) is 0 Å². The molecule has 2 aliphatic heterocycles. The molecule has 0 spiro atoms. The molecule has 2 fully saturated rings. The van der Waals surface area contributed by atoms with Crippen molar-refractivity contribution in [3.05, 3.63) is 18.1 Å². The third-order valence-electron chi connectivity index (χ3n) is 4.86. The lowest BCUT2D eigenvalue weighted by atomic mass is 10.2. The van der Waals surface area contributed by atoms with E-state index in [1.807, 2.05) is 0 Å². The lowest BCUT2D eigenvalue weighted by molar-refractivity contribution is 0.0741. The molecule has 3 heterocycles. The molecule has 0 aliphatic carbocycles. The molecule has 2 saturated heterocycles. The minimum Gasteiger partial charge on any atom is -0.355 e. The van der Waals surface area contributed by atoms with E-state index < -0.39 is 9.84 Å². The van der Waals surface area contributed by atoms with Crippen LogP contribution in [0.25, 0.3) is 0 Å². The van der Waals surface area contributed by atoms with E-state index in [0.717, 1.165) is 31.7 Å². The van der Waals surface area contributed by atoms with Gasteiger partial charge in [0.25, 0.3) is 5.91 Å². The number of carbonyl (C=O) groups excluding carboxylic acids is 1. The van der Waals surface area contributed by atoms with E-state index in [1.165, 1.54) is 23.9 Å². The summed E-state index contributed by atoms with van der Waals surface area (Å²) in [6.45, 7) is 1.95. The van der Waals surface area contributed by atoms with Crippen molar-refractivity contribution in [1.82, 2.24) is 14.9 Å². The summed E-state index contributed by atoms with van der Waals surface area (Å²) in [6, 6.07) is -0.269. The average Bonchev–Trinajstić information content (AvgIpc) is 2.79. The molecule has 8 heteroatoms. The monoisotopic (exact) mass is 352 g/mol. The van der Waals surface area contributed by atoms with E-state index in [1.54, 1.807) is 13.2 Å². The highest BCUT2D eigenvalue weighted by Crippen LogP contribution is 2.19. The van der Waals surface area contributed by atoms with Gasteiger partial charge in [-0.05, 0) is 19.3 Å². The molecule has 7 nitrogen and oxygen atoms in total. The van der Waals surface area contributed by atoms with Crippen molar-refractivity contribution in [3.8, 4) is 0 Å². The maximum Gasteiger partial charge on any atom is 0.274 e. The molecule has 0 bridgehead atoms. The highest BCUT2D eigenvalue weighted by atomic mass is 32.2. The van der Waals surface area contributed by atoms with E-state index in [4.69, 9.17) is 0 Å². The summed E-state index contributed by atoms with van der Waals surface area (Å²) in [5, 5.41) is 0. The van der Waals surface area contributed by atoms with E-state index in [2.05, 4.69) is 14.9 Å². The summed E-state index contributed by atoms with van der Waals surface area (Å²) in [4.78, 5) is 24.9. The summed E-state index contributed by atoms with van der Waals surface area (Å²) in [7, 11) is -1.38. The lowest BCUT2D eigenvalue weighted by Gasteiger charge is -2.24. The first-order valence-corrected chi connectivity index (χ1v) is 10.3. The van der Waals surface area contributed by atoms with Gasteiger partial charge in [0, 0.05) is 26.2 Å². The van der Waals surface area contributed by atoms with Gasteiger partial charge in [-0.25, -0.2) is 18.4 Å². The van der Waals surface area contributed by atoms with Crippen LogP contribution in [-0.4, -0.2) is 66.9 Å². The lowest BCUT2D eigenvalue weighted by Crippen LogP contribution is -2.38. The third-order valence-corrected chi connectivity index (χ3v) is 6.61. The van der Waals surface area contributed by atoms with Gasteiger partial charge in [0.2, 0.25) is 0 Å². The molecule has 0 N–H and O–H groups in total. The van der Waals surface area contributed by atoms with Crippen LogP contribution < -0.4 is 4.90 Å². The van der Waals surface area contributed by atoms with Gasteiger partial charge in [0.05, 0.1) is 23.9 Å². The molecule has 3 rings (SSSR count). The Bertz CT molecular complexity index is 682. The molecule has 0 aromatic carbocycles. The van der Waals surface area contributed by atoms with Gasteiger partial charge in [-0.15, -0.1) is 0 Å². The Labute approximate surface area is 143 Å². The molecule has 2 aliphatic rings. The second kappa shape index (κ2) is 7.04. The van der Waals surface area contributed by atoms with Crippen LogP contribution in [-0.2, 0) is 9.84 Å². The predicted molar refractivity (Wildman–Crippen MR) is 91.9 cm³/mol. The van der Waals surface area contributed by atoms with Crippen molar-refractivity contribution >= 4 is 21.6 Å². The summed E-state index contributed by atoms with van der Waals surface area (Å²) < 4.78 is 23.2. The fraction of sp³-hybridized carbons (Fsp3) is 0.688. The first kappa shape index (κ1) is 17.1. The average molecular weight is 352 g/mol. The first-order chi connectivity index (χ1) is 11.5. The number of hydrogen-bond donors (Lipinski definition) is 0. The Morgan fingerprint density at radius 3 is 2.42 bits per heavy atom. The second-order valence-electron chi connectivity index (χ2n) is 6.63. The van der Waals surface area contributed by atoms with Gasteiger partial charge in [-0.1, -0.05) is 12.8 Å². The van der Waals surface area contributed by atoms with Crippen molar-refractivity contribution < 1.29 is 13.2 Å². The normalized spacial score (nSPS) is 23.7. The van der Waals surface area contributed by atoms with Gasteiger partial charge >= 0.3 is 0 Å². The Morgan fingerprint density at radius 2 is 1.88 bits per heavy atom. The molecule has 132 valence electrons. The molecule has 0 saturated carbocycles. The minimum atomic E-state index is -3.02. The number of sulfone groups is 1. The van der Waals surface area contributed by atoms with E-state index in [-0.39, 0.29) is 29.1 Å². The minimum absolute atomic E-state index is 0.0362. The molecule has 1 aromatic rings. The third kappa shape index (κ3) is 3.85. The molecule has 1 aromatic heterocycles. The highest BCUT2D eigenvalue weighted by molar-refractivity contribution is 7.91. The Balaban J connectivity index is 1.67. The smallest absolute Gasteiger partial charge is 0.274 e. The van der Waals surface area contributed by atoms with Crippen molar-refractivity contribution in [2.45, 2.75) is 38.1 Å². The predicted octanol–water partition coefficient (Wildman–Crippen LogP) is 1.12. The topological polar surface area (TPSA) is 83.5 Å². The highest BCUT2D eigenvalue weighted by Gasteiger charge is 2.33. The Hall–Kier alpha value is -1.70. The van der Waals surface area contributed by atoms with Crippen LogP contribution in [0.1, 0.15) is 42.6 Å². The van der Waals surface area contributed by atoms with Gasteiger partial charge < -0.3 is 9.80 Å². The van der Waals surface area contributed by atoms with Crippen molar-refractivity contribution in [2.75, 3.05) is 36.5 Å². The SMILES string of the molecule is CN(C(=O)c1cnc(N2CCCCCC2)cn1)C1CCS(=O)(=O)C1. The maximum absolute atomic E-state index is 12.5. The van der Waals surface area contributed by atoms with Gasteiger partial charge in [0.1, 0.15) is 11.5 Å². The zero-order valence-corrected chi connectivity index (χ0v) is 14.8. The maximum atomic E-state index is 12.5. The second-order valence-corrected chi connectivity index (χ2v) is 8.86.